The minimum atomic E-state index is -0.929. The number of piperidine rings is 1. The van der Waals surface area contributed by atoms with Crippen LogP contribution in [0.25, 0.3) is 0 Å². The number of urea groups is 1. The summed E-state index contributed by atoms with van der Waals surface area (Å²) in [4.78, 5) is 44.8. The van der Waals surface area contributed by atoms with Crippen LogP contribution in [0.3, 0.4) is 0 Å². The summed E-state index contributed by atoms with van der Waals surface area (Å²) >= 11 is 0. The summed E-state index contributed by atoms with van der Waals surface area (Å²) in [6, 6.07) is 19.1. The molecule has 0 spiro atoms. The highest BCUT2D eigenvalue weighted by atomic mass is 16.2. The Morgan fingerprint density at radius 1 is 1.00 bits per heavy atom. The van der Waals surface area contributed by atoms with E-state index in [0.717, 1.165) is 5.56 Å². The third-order valence-corrected chi connectivity index (χ3v) is 7.12. The molecule has 2 aromatic rings. The summed E-state index contributed by atoms with van der Waals surface area (Å²) in [5, 5.41) is 3.12. The number of carbonyl (C=O) groups excluding carboxylic acids is 3. The third-order valence-electron chi connectivity index (χ3n) is 7.12. The van der Waals surface area contributed by atoms with E-state index in [9.17, 15) is 14.4 Å². The zero-order chi connectivity index (χ0) is 24.1. The van der Waals surface area contributed by atoms with E-state index >= 15 is 0 Å². The number of amides is 4. The lowest BCUT2D eigenvalue weighted by Gasteiger charge is -2.41. The molecule has 2 fully saturated rings. The first-order valence-electron chi connectivity index (χ1n) is 12.1. The van der Waals surface area contributed by atoms with Crippen molar-refractivity contribution in [2.45, 2.75) is 31.2 Å². The maximum absolute atomic E-state index is 13.8. The Hall–Kier alpha value is -3.19. The minimum Gasteiger partial charge on any atom is -0.339 e. The average molecular weight is 463 g/mol. The average Bonchev–Trinajstić information content (AvgIpc) is 3.11. The molecule has 7 heteroatoms. The molecule has 7 nitrogen and oxygen atoms in total. The Morgan fingerprint density at radius 3 is 2.24 bits per heavy atom. The van der Waals surface area contributed by atoms with Gasteiger partial charge in [0.25, 0.3) is 11.8 Å². The van der Waals surface area contributed by atoms with Crippen molar-refractivity contribution in [3.63, 3.8) is 0 Å². The van der Waals surface area contributed by atoms with Gasteiger partial charge in [0, 0.05) is 31.7 Å². The van der Waals surface area contributed by atoms with Crippen molar-refractivity contribution < 1.29 is 14.4 Å². The predicted molar refractivity (Wildman–Crippen MR) is 131 cm³/mol. The first kappa shape index (κ1) is 24.0. The molecule has 4 amide bonds. The monoisotopic (exact) mass is 462 g/mol. The van der Waals surface area contributed by atoms with Crippen molar-refractivity contribution in [1.29, 1.82) is 0 Å². The first-order valence-corrected chi connectivity index (χ1v) is 12.1. The highest BCUT2D eigenvalue weighted by molar-refractivity contribution is 6.07. The van der Waals surface area contributed by atoms with Crippen molar-refractivity contribution in [1.82, 2.24) is 20.0 Å². The van der Waals surface area contributed by atoms with Crippen molar-refractivity contribution in [2.75, 3.05) is 40.3 Å². The second kappa shape index (κ2) is 10.4. The Morgan fingerprint density at radius 2 is 1.62 bits per heavy atom. The van der Waals surface area contributed by atoms with Gasteiger partial charge in [0.2, 0.25) is 0 Å². The molecule has 2 aliphatic heterocycles. The number of nitrogens with zero attached hydrogens (tertiary/aromatic N) is 3. The number of nitrogens with one attached hydrogen (secondary N) is 1. The molecule has 180 valence electrons. The maximum Gasteiger partial charge on any atom is 0.325 e. The van der Waals surface area contributed by atoms with E-state index in [1.54, 1.807) is 0 Å². The lowest BCUT2D eigenvalue weighted by atomic mass is 9.74. The molecule has 2 aliphatic rings. The number of imide groups is 1. The fourth-order valence-corrected chi connectivity index (χ4v) is 5.12. The normalized spacial score (nSPS) is 21.3. The van der Waals surface area contributed by atoms with Crippen LogP contribution in [0.15, 0.2) is 60.7 Å². The number of likely N-dealkylation sites (N-methyl/N-ethyl adjacent to an activating group) is 1. The van der Waals surface area contributed by atoms with Crippen molar-refractivity contribution in [2.24, 2.45) is 5.92 Å². The van der Waals surface area contributed by atoms with E-state index in [1.165, 1.54) is 4.90 Å². The number of hydrogen-bond acceptors (Lipinski definition) is 4. The van der Waals surface area contributed by atoms with Crippen molar-refractivity contribution in [3.8, 4) is 0 Å². The van der Waals surface area contributed by atoms with Gasteiger partial charge in [0.05, 0.1) is 0 Å². The predicted octanol–water partition coefficient (Wildman–Crippen LogP) is 3.02. The number of likely N-dealkylation sites (tertiary alicyclic amines) is 1. The number of hydrogen-bond donors (Lipinski definition) is 1. The second-order valence-electron chi connectivity index (χ2n) is 9.58. The maximum atomic E-state index is 13.8. The Kier molecular flexibility index (Phi) is 7.32. The Bertz CT molecular complexity index is 1000. The van der Waals surface area contributed by atoms with Gasteiger partial charge in [-0.25, -0.2) is 4.79 Å². The lowest BCUT2D eigenvalue weighted by molar-refractivity contribution is -0.134. The SMILES string of the molecule is CN(C)CCN1C(=O)N[C@](CCc2ccccc2)(C2CCN(C(=O)c3ccccc3)CC2)C1=O. The van der Waals surface area contributed by atoms with Crippen LogP contribution in [-0.4, -0.2) is 78.4 Å². The van der Waals surface area contributed by atoms with Gasteiger partial charge >= 0.3 is 6.03 Å². The molecular formula is C27H34N4O3. The molecule has 34 heavy (non-hydrogen) atoms. The first-order chi connectivity index (χ1) is 16.4. The Labute approximate surface area is 201 Å². The summed E-state index contributed by atoms with van der Waals surface area (Å²) in [6.45, 7) is 2.15. The standard InChI is InChI=1S/C27H34N4O3/c1-29(2)19-20-31-25(33)27(28-26(31)34,16-13-21-9-5-3-6-10-21)23-14-17-30(18-15-23)24(32)22-11-7-4-8-12-22/h3-12,23H,13-20H2,1-2H3,(H,28,34)/t27-/m1/s1. The Balaban J connectivity index is 1.51. The lowest BCUT2D eigenvalue weighted by Crippen LogP contribution is -2.57. The van der Waals surface area contributed by atoms with Crippen LogP contribution in [0.4, 0.5) is 4.79 Å². The summed E-state index contributed by atoms with van der Waals surface area (Å²) in [5.41, 5.74) is 0.897. The quantitative estimate of drug-likeness (QED) is 0.612. The molecule has 0 saturated carbocycles. The highest BCUT2D eigenvalue weighted by Crippen LogP contribution is 2.37. The van der Waals surface area contributed by atoms with E-state index in [1.807, 2.05) is 72.4 Å². The van der Waals surface area contributed by atoms with E-state index < -0.39 is 5.54 Å². The van der Waals surface area contributed by atoms with Gasteiger partial charge < -0.3 is 15.1 Å². The van der Waals surface area contributed by atoms with Crippen molar-refractivity contribution in [3.05, 3.63) is 71.8 Å². The van der Waals surface area contributed by atoms with Crippen LogP contribution >= 0.6 is 0 Å². The minimum absolute atomic E-state index is 0.0168. The van der Waals surface area contributed by atoms with Crippen LogP contribution in [0.2, 0.25) is 0 Å². The molecule has 4 rings (SSSR count). The van der Waals surface area contributed by atoms with Crippen LogP contribution in [0.1, 0.15) is 35.2 Å². The second-order valence-corrected chi connectivity index (χ2v) is 9.58. The van der Waals surface area contributed by atoms with Gasteiger partial charge in [0.1, 0.15) is 5.54 Å². The van der Waals surface area contributed by atoms with Gasteiger partial charge in [-0.05, 0) is 63.4 Å². The molecule has 2 saturated heterocycles. The number of aryl methyl sites for hydroxylation is 1. The molecule has 0 radical (unpaired) electrons. The fraction of sp³-hybridized carbons (Fsp3) is 0.444. The third kappa shape index (κ3) is 4.99. The summed E-state index contributed by atoms with van der Waals surface area (Å²) in [7, 11) is 3.86. The van der Waals surface area contributed by atoms with Crippen molar-refractivity contribution >= 4 is 17.8 Å². The number of rotatable bonds is 8. The van der Waals surface area contributed by atoms with E-state index in [-0.39, 0.29) is 23.8 Å². The van der Waals surface area contributed by atoms with Crippen LogP contribution < -0.4 is 5.32 Å². The molecular weight excluding hydrogens is 428 g/mol. The highest BCUT2D eigenvalue weighted by Gasteiger charge is 2.55. The van der Waals surface area contributed by atoms with Crippen LogP contribution in [-0.2, 0) is 11.2 Å². The molecule has 2 heterocycles. The molecule has 0 aromatic heterocycles. The number of carbonyl (C=O) groups is 3. The zero-order valence-electron chi connectivity index (χ0n) is 20.1. The summed E-state index contributed by atoms with van der Waals surface area (Å²) in [5.74, 6) is -0.119. The van der Waals surface area contributed by atoms with Gasteiger partial charge in [-0.2, -0.15) is 0 Å². The van der Waals surface area contributed by atoms with Gasteiger partial charge in [0.15, 0.2) is 0 Å². The van der Waals surface area contributed by atoms with Gasteiger partial charge in [-0.1, -0.05) is 48.5 Å². The van der Waals surface area contributed by atoms with E-state index in [4.69, 9.17) is 0 Å². The molecule has 0 aliphatic carbocycles. The summed E-state index contributed by atoms with van der Waals surface area (Å²) < 4.78 is 0. The van der Waals surface area contributed by atoms with Gasteiger partial charge in [-0.3, -0.25) is 14.5 Å². The fourth-order valence-electron chi connectivity index (χ4n) is 5.12. The zero-order valence-corrected chi connectivity index (χ0v) is 20.1. The smallest absolute Gasteiger partial charge is 0.325 e. The molecule has 0 bridgehead atoms. The molecule has 2 aromatic carbocycles. The summed E-state index contributed by atoms with van der Waals surface area (Å²) in [6.07, 6.45) is 2.62. The van der Waals surface area contributed by atoms with Crippen LogP contribution in [0, 0.1) is 5.92 Å². The van der Waals surface area contributed by atoms with E-state index in [0.29, 0.717) is 57.4 Å². The molecule has 1 atom stereocenters. The molecule has 1 N–H and O–H groups in total. The van der Waals surface area contributed by atoms with Crippen LogP contribution in [0.5, 0.6) is 0 Å². The molecule has 0 unspecified atom stereocenters. The van der Waals surface area contributed by atoms with Gasteiger partial charge in [-0.15, -0.1) is 0 Å². The topological polar surface area (TPSA) is 73.0 Å². The number of benzene rings is 2. The van der Waals surface area contributed by atoms with E-state index in [2.05, 4.69) is 17.4 Å². The largest absolute Gasteiger partial charge is 0.339 e.